The van der Waals surface area contributed by atoms with Crippen LogP contribution in [0.3, 0.4) is 0 Å². The van der Waals surface area contributed by atoms with Crippen molar-refractivity contribution in [1.82, 2.24) is 14.7 Å². The molecule has 1 aliphatic rings. The fraction of sp³-hybridized carbons (Fsp3) is 0.444. The molecule has 0 amide bonds. The van der Waals surface area contributed by atoms with Crippen LogP contribution in [0.25, 0.3) is 0 Å². The summed E-state index contributed by atoms with van der Waals surface area (Å²) in [6.07, 6.45) is 4.62. The number of hydrogen-bond acceptors (Lipinski definition) is 5. The van der Waals surface area contributed by atoms with Crippen molar-refractivity contribution in [2.75, 3.05) is 13.3 Å². The maximum Gasteiger partial charge on any atom is 0.157 e. The molecule has 0 bridgehead atoms. The van der Waals surface area contributed by atoms with Gasteiger partial charge in [0.05, 0.1) is 17.3 Å². The molecule has 0 aliphatic carbocycles. The number of carbonyl (C=O) groups is 1. The summed E-state index contributed by atoms with van der Waals surface area (Å²) in [5.41, 5.74) is 1.39. The predicted molar refractivity (Wildman–Crippen MR) is 90.3 cm³/mol. The molecule has 1 fully saturated rings. The van der Waals surface area contributed by atoms with Crippen molar-refractivity contribution in [2.45, 2.75) is 38.8 Å². The maximum absolute atomic E-state index is 11.1. The molecule has 0 saturated carbocycles. The van der Waals surface area contributed by atoms with Gasteiger partial charge in [-0.25, -0.2) is 0 Å². The van der Waals surface area contributed by atoms with Crippen LogP contribution in [0.5, 0.6) is 11.5 Å². The van der Waals surface area contributed by atoms with Gasteiger partial charge in [0.2, 0.25) is 0 Å². The van der Waals surface area contributed by atoms with Crippen molar-refractivity contribution < 1.29 is 14.6 Å². The number of phenols is 1. The van der Waals surface area contributed by atoms with Crippen LogP contribution in [0.15, 0.2) is 30.5 Å². The molecular formula is C18H23N3O3. The van der Waals surface area contributed by atoms with Crippen LogP contribution in [0.4, 0.5) is 0 Å². The summed E-state index contributed by atoms with van der Waals surface area (Å²) < 4.78 is 7.88. The van der Waals surface area contributed by atoms with Gasteiger partial charge in [-0.1, -0.05) is 6.07 Å². The molecule has 2 aromatic rings. The summed E-state index contributed by atoms with van der Waals surface area (Å²) >= 11 is 0. The van der Waals surface area contributed by atoms with E-state index >= 15 is 0 Å². The number of nitrogens with zero attached hydrogens (tertiary/aromatic N) is 3. The topological polar surface area (TPSA) is 67.6 Å². The van der Waals surface area contributed by atoms with Crippen molar-refractivity contribution in [3.63, 3.8) is 0 Å². The summed E-state index contributed by atoms with van der Waals surface area (Å²) in [5.74, 6) is 0.353. The number of carbonyl (C=O) groups excluding carboxylic acids is 1. The summed E-state index contributed by atoms with van der Waals surface area (Å²) in [6, 6.07) is 7.49. The molecule has 128 valence electrons. The van der Waals surface area contributed by atoms with Crippen molar-refractivity contribution >= 4 is 6.29 Å². The Bertz CT molecular complexity index is 711. The number of benzene rings is 1. The van der Waals surface area contributed by atoms with E-state index in [4.69, 9.17) is 4.74 Å². The highest BCUT2D eigenvalue weighted by atomic mass is 16.5. The van der Waals surface area contributed by atoms with Gasteiger partial charge in [0.15, 0.2) is 6.29 Å². The molecule has 1 unspecified atom stereocenters. The zero-order valence-electron chi connectivity index (χ0n) is 14.1. The van der Waals surface area contributed by atoms with Crippen LogP contribution < -0.4 is 4.74 Å². The number of aldehydes is 1. The normalized spacial score (nSPS) is 18.2. The second-order valence-electron chi connectivity index (χ2n) is 6.35. The molecule has 1 aromatic carbocycles. The lowest BCUT2D eigenvalue weighted by Gasteiger charge is -2.26. The monoisotopic (exact) mass is 329 g/mol. The van der Waals surface area contributed by atoms with Crippen LogP contribution in [-0.4, -0.2) is 39.3 Å². The first-order valence-corrected chi connectivity index (χ1v) is 8.29. The number of hydrogen-bond donors (Lipinski definition) is 1. The Morgan fingerprint density at radius 3 is 3.00 bits per heavy atom. The van der Waals surface area contributed by atoms with Crippen molar-refractivity contribution in [1.29, 1.82) is 0 Å². The molecule has 2 heterocycles. The van der Waals surface area contributed by atoms with Gasteiger partial charge in [0.25, 0.3) is 0 Å². The van der Waals surface area contributed by atoms with Crippen LogP contribution in [-0.2, 0) is 0 Å². The second kappa shape index (κ2) is 7.05. The van der Waals surface area contributed by atoms with E-state index in [1.54, 1.807) is 12.1 Å². The molecule has 1 atom stereocenters. The number of aromatic hydroxyl groups is 1. The summed E-state index contributed by atoms with van der Waals surface area (Å²) in [4.78, 5) is 13.4. The van der Waals surface area contributed by atoms with Crippen LogP contribution in [0, 0.1) is 0 Å². The average molecular weight is 329 g/mol. The average Bonchev–Trinajstić information content (AvgIpc) is 3.21. The molecule has 1 N–H and O–H groups in total. The van der Waals surface area contributed by atoms with E-state index in [0.29, 0.717) is 24.8 Å². The molecule has 3 rings (SSSR count). The predicted octanol–water partition coefficient (Wildman–Crippen LogP) is 3.16. The smallest absolute Gasteiger partial charge is 0.157 e. The fourth-order valence-corrected chi connectivity index (χ4v) is 3.26. The Kier molecular flexibility index (Phi) is 4.85. The Morgan fingerprint density at radius 1 is 1.42 bits per heavy atom. The van der Waals surface area contributed by atoms with E-state index in [0.717, 1.165) is 19.4 Å². The summed E-state index contributed by atoms with van der Waals surface area (Å²) in [5, 5.41) is 14.2. The molecule has 0 spiro atoms. The molecular weight excluding hydrogens is 306 g/mol. The minimum absolute atomic E-state index is 0.0571. The largest absolute Gasteiger partial charge is 0.507 e. The van der Waals surface area contributed by atoms with Gasteiger partial charge in [-0.3, -0.25) is 14.4 Å². The Labute approximate surface area is 141 Å². The molecule has 1 aliphatic heterocycles. The maximum atomic E-state index is 11.1. The molecule has 1 saturated heterocycles. The molecule has 6 heteroatoms. The highest BCUT2D eigenvalue weighted by Gasteiger charge is 2.29. The van der Waals surface area contributed by atoms with Gasteiger partial charge in [0, 0.05) is 18.8 Å². The Balaban J connectivity index is 1.74. The van der Waals surface area contributed by atoms with Gasteiger partial charge in [0.1, 0.15) is 18.2 Å². The van der Waals surface area contributed by atoms with Gasteiger partial charge >= 0.3 is 0 Å². The highest BCUT2D eigenvalue weighted by molar-refractivity contribution is 5.83. The van der Waals surface area contributed by atoms with Crippen molar-refractivity contribution in [3.8, 4) is 11.5 Å². The third-order valence-electron chi connectivity index (χ3n) is 4.44. The lowest BCUT2D eigenvalue weighted by Crippen LogP contribution is -2.29. The fourth-order valence-electron chi connectivity index (χ4n) is 3.26. The number of rotatable bonds is 6. The molecule has 6 nitrogen and oxygen atoms in total. The third kappa shape index (κ3) is 3.14. The van der Waals surface area contributed by atoms with Gasteiger partial charge in [-0.2, -0.15) is 5.10 Å². The van der Waals surface area contributed by atoms with E-state index < -0.39 is 0 Å². The molecule has 24 heavy (non-hydrogen) atoms. The van der Waals surface area contributed by atoms with Crippen LogP contribution >= 0.6 is 0 Å². The minimum Gasteiger partial charge on any atom is -0.507 e. The first-order chi connectivity index (χ1) is 11.6. The van der Waals surface area contributed by atoms with Crippen molar-refractivity contribution in [2.24, 2.45) is 0 Å². The van der Waals surface area contributed by atoms with Crippen molar-refractivity contribution in [3.05, 3.63) is 41.7 Å². The number of likely N-dealkylation sites (tertiary alicyclic amines) is 1. The second-order valence-corrected chi connectivity index (χ2v) is 6.35. The van der Waals surface area contributed by atoms with E-state index in [1.807, 2.05) is 10.9 Å². The van der Waals surface area contributed by atoms with Gasteiger partial charge < -0.3 is 9.84 Å². The zero-order valence-corrected chi connectivity index (χ0v) is 14.1. The lowest BCUT2D eigenvalue weighted by molar-refractivity contribution is 0.104. The first kappa shape index (κ1) is 16.5. The van der Waals surface area contributed by atoms with E-state index in [1.165, 1.54) is 11.8 Å². The number of ether oxygens (including phenoxy) is 1. The summed E-state index contributed by atoms with van der Waals surface area (Å²) in [7, 11) is 0. The first-order valence-electron chi connectivity index (χ1n) is 8.29. The van der Waals surface area contributed by atoms with E-state index in [-0.39, 0.29) is 17.4 Å². The number of phenolic OH excluding ortho intramolecular Hbond substituents is 1. The van der Waals surface area contributed by atoms with Crippen LogP contribution in [0.1, 0.15) is 54.8 Å². The third-order valence-corrected chi connectivity index (χ3v) is 4.44. The van der Waals surface area contributed by atoms with E-state index in [9.17, 15) is 9.90 Å². The lowest BCUT2D eigenvalue weighted by atomic mass is 10.1. The van der Waals surface area contributed by atoms with E-state index in [2.05, 4.69) is 29.9 Å². The van der Waals surface area contributed by atoms with Crippen LogP contribution in [0.2, 0.25) is 0 Å². The Morgan fingerprint density at radius 2 is 2.25 bits per heavy atom. The zero-order chi connectivity index (χ0) is 17.1. The standard InChI is InChI=1S/C18H23N3O3/c1-13(2)21-16(8-9-19-21)15-5-4-10-20(15)12-24-18-7-3-6-17(23)14(18)11-22/h3,6-9,11,13,15,23H,4-5,10,12H2,1-2H3. The highest BCUT2D eigenvalue weighted by Crippen LogP contribution is 2.33. The SMILES string of the molecule is CC(C)n1nccc1C1CCCN1COc1cccc(O)c1C=O. The molecule has 0 radical (unpaired) electrons. The minimum atomic E-state index is -0.0571. The Hall–Kier alpha value is -2.34. The molecule has 1 aromatic heterocycles. The number of aromatic nitrogens is 2. The van der Waals surface area contributed by atoms with Gasteiger partial charge in [-0.15, -0.1) is 0 Å². The summed E-state index contributed by atoms with van der Waals surface area (Å²) in [6.45, 7) is 5.55. The van der Waals surface area contributed by atoms with Gasteiger partial charge in [-0.05, 0) is 44.9 Å². The quantitative estimate of drug-likeness (QED) is 0.825.